The normalized spacial score (nSPS) is 17.4. The fourth-order valence-electron chi connectivity index (χ4n) is 2.76. The third kappa shape index (κ3) is 6.13. The number of nitrogens with one attached hydrogen (secondary N) is 2. The van der Waals surface area contributed by atoms with Crippen LogP contribution >= 0.6 is 24.0 Å². The van der Waals surface area contributed by atoms with Crippen molar-refractivity contribution < 1.29 is 9.18 Å². The van der Waals surface area contributed by atoms with Crippen LogP contribution in [0.5, 0.6) is 0 Å². The van der Waals surface area contributed by atoms with Crippen molar-refractivity contribution >= 4 is 35.8 Å². The van der Waals surface area contributed by atoms with E-state index in [1.54, 1.807) is 20.0 Å². The van der Waals surface area contributed by atoms with E-state index in [0.29, 0.717) is 24.6 Å². The molecule has 1 aromatic carbocycles. The summed E-state index contributed by atoms with van der Waals surface area (Å²) in [6.45, 7) is 7.55. The van der Waals surface area contributed by atoms with Crippen molar-refractivity contribution in [3.63, 3.8) is 0 Å². The van der Waals surface area contributed by atoms with Crippen LogP contribution in [-0.4, -0.2) is 42.9 Å². The molecule has 1 atom stereocenters. The molecule has 0 spiro atoms. The van der Waals surface area contributed by atoms with Gasteiger partial charge in [0.1, 0.15) is 5.82 Å². The van der Waals surface area contributed by atoms with Gasteiger partial charge in [0.25, 0.3) is 0 Å². The molecule has 1 aliphatic heterocycles. The average Bonchev–Trinajstić information content (AvgIpc) is 3.02. The van der Waals surface area contributed by atoms with Crippen molar-refractivity contribution in [3.05, 3.63) is 35.1 Å². The molecule has 140 valence electrons. The Bertz CT molecular complexity index is 621. The van der Waals surface area contributed by atoms with Crippen LogP contribution in [-0.2, 0) is 11.3 Å². The Morgan fingerprint density at radius 2 is 2.16 bits per heavy atom. The summed E-state index contributed by atoms with van der Waals surface area (Å²) >= 11 is 0. The predicted octanol–water partition coefficient (Wildman–Crippen LogP) is 2.67. The lowest BCUT2D eigenvalue weighted by Gasteiger charge is -2.20. The third-order valence-electron chi connectivity index (χ3n) is 4.25. The van der Waals surface area contributed by atoms with Gasteiger partial charge in [-0.25, -0.2) is 4.39 Å². The number of hydrogen-bond acceptors (Lipinski definition) is 2. The maximum atomic E-state index is 13.6. The van der Waals surface area contributed by atoms with Gasteiger partial charge in [0.05, 0.1) is 0 Å². The number of carbonyl (C=O) groups excluding carboxylic acids is 1. The lowest BCUT2D eigenvalue weighted by Crippen LogP contribution is -2.45. The molecule has 1 fully saturated rings. The number of hydrogen-bond donors (Lipinski definition) is 2. The molecule has 5 nitrogen and oxygen atoms in total. The standard InChI is InChI=1S/C18H27FN4O.HI/c1-12(2)17(24)23-8-7-15(11-23)22-18(20-4)21-10-14-6-5-13(3)16(19)9-14;/h5-6,9,12,15H,7-8,10-11H2,1-4H3,(H2,20,21,22);1H. The topological polar surface area (TPSA) is 56.7 Å². The number of benzene rings is 1. The molecule has 2 N–H and O–H groups in total. The van der Waals surface area contributed by atoms with E-state index in [9.17, 15) is 9.18 Å². The number of aryl methyl sites for hydroxylation is 1. The fourth-order valence-corrected chi connectivity index (χ4v) is 2.76. The predicted molar refractivity (Wildman–Crippen MR) is 110 cm³/mol. The van der Waals surface area contributed by atoms with E-state index in [0.717, 1.165) is 18.5 Å². The molecule has 0 bridgehead atoms. The van der Waals surface area contributed by atoms with Gasteiger partial charge in [0, 0.05) is 38.6 Å². The van der Waals surface area contributed by atoms with Crippen LogP contribution in [0.2, 0.25) is 0 Å². The van der Waals surface area contributed by atoms with Crippen molar-refractivity contribution in [1.29, 1.82) is 0 Å². The second-order valence-corrected chi connectivity index (χ2v) is 6.58. The summed E-state index contributed by atoms with van der Waals surface area (Å²) in [6, 6.07) is 5.40. The van der Waals surface area contributed by atoms with Crippen LogP contribution < -0.4 is 10.6 Å². The van der Waals surface area contributed by atoms with Gasteiger partial charge in [-0.1, -0.05) is 26.0 Å². The summed E-state index contributed by atoms with van der Waals surface area (Å²) < 4.78 is 13.6. The van der Waals surface area contributed by atoms with Crippen molar-refractivity contribution in [2.24, 2.45) is 10.9 Å². The summed E-state index contributed by atoms with van der Waals surface area (Å²) in [4.78, 5) is 18.1. The molecule has 0 aromatic heterocycles. The van der Waals surface area contributed by atoms with Crippen LogP contribution in [0.25, 0.3) is 0 Å². The van der Waals surface area contributed by atoms with Gasteiger partial charge in [0.2, 0.25) is 5.91 Å². The second kappa shape index (κ2) is 9.94. The van der Waals surface area contributed by atoms with Crippen LogP contribution in [0.15, 0.2) is 23.2 Å². The average molecular weight is 462 g/mol. The first kappa shape index (κ1) is 21.7. The number of halogens is 2. The van der Waals surface area contributed by atoms with E-state index in [2.05, 4.69) is 15.6 Å². The van der Waals surface area contributed by atoms with Gasteiger partial charge in [0.15, 0.2) is 5.96 Å². The van der Waals surface area contributed by atoms with Crippen molar-refractivity contribution in [1.82, 2.24) is 15.5 Å². The van der Waals surface area contributed by atoms with Gasteiger partial charge in [-0.05, 0) is 30.5 Å². The van der Waals surface area contributed by atoms with E-state index >= 15 is 0 Å². The fraction of sp³-hybridized carbons (Fsp3) is 0.556. The zero-order chi connectivity index (χ0) is 17.7. The number of amides is 1. The number of likely N-dealkylation sites (tertiary alicyclic amines) is 1. The Hall–Kier alpha value is -1.38. The zero-order valence-corrected chi connectivity index (χ0v) is 17.6. The lowest BCUT2D eigenvalue weighted by molar-refractivity contribution is -0.133. The Kier molecular flexibility index (Phi) is 8.61. The summed E-state index contributed by atoms with van der Waals surface area (Å²) in [7, 11) is 1.71. The molecule has 1 unspecified atom stereocenters. The van der Waals surface area contributed by atoms with E-state index in [-0.39, 0.29) is 47.7 Å². The first-order valence-electron chi connectivity index (χ1n) is 8.41. The van der Waals surface area contributed by atoms with Crippen LogP contribution in [0, 0.1) is 18.7 Å². The molecule has 1 heterocycles. The quantitative estimate of drug-likeness (QED) is 0.411. The molecule has 0 aliphatic carbocycles. The minimum absolute atomic E-state index is 0. The van der Waals surface area contributed by atoms with Gasteiger partial charge >= 0.3 is 0 Å². The Balaban J connectivity index is 0.00000312. The summed E-state index contributed by atoms with van der Waals surface area (Å²) in [6.07, 6.45) is 0.901. The number of nitrogens with zero attached hydrogens (tertiary/aromatic N) is 2. The number of aliphatic imine (C=N–C) groups is 1. The highest BCUT2D eigenvalue weighted by Gasteiger charge is 2.27. The van der Waals surface area contributed by atoms with E-state index in [1.165, 1.54) is 6.07 Å². The molecule has 25 heavy (non-hydrogen) atoms. The van der Waals surface area contributed by atoms with Gasteiger partial charge < -0.3 is 15.5 Å². The highest BCUT2D eigenvalue weighted by molar-refractivity contribution is 14.0. The highest BCUT2D eigenvalue weighted by atomic mass is 127. The van der Waals surface area contributed by atoms with Gasteiger partial charge in [-0.2, -0.15) is 0 Å². The molecule has 1 aromatic rings. The molecule has 0 saturated carbocycles. The third-order valence-corrected chi connectivity index (χ3v) is 4.25. The Morgan fingerprint density at radius 1 is 1.44 bits per heavy atom. The Labute approximate surface area is 166 Å². The maximum absolute atomic E-state index is 13.6. The largest absolute Gasteiger partial charge is 0.352 e. The molecule has 7 heteroatoms. The van der Waals surface area contributed by atoms with Gasteiger partial charge in [-0.3, -0.25) is 9.79 Å². The highest BCUT2D eigenvalue weighted by Crippen LogP contribution is 2.13. The molecule has 0 radical (unpaired) electrons. The second-order valence-electron chi connectivity index (χ2n) is 6.58. The van der Waals surface area contributed by atoms with Crippen molar-refractivity contribution in [2.45, 2.75) is 39.8 Å². The monoisotopic (exact) mass is 462 g/mol. The van der Waals surface area contributed by atoms with Gasteiger partial charge in [-0.15, -0.1) is 24.0 Å². The van der Waals surface area contributed by atoms with Crippen LogP contribution in [0.3, 0.4) is 0 Å². The first-order valence-corrected chi connectivity index (χ1v) is 8.41. The van der Waals surface area contributed by atoms with Crippen molar-refractivity contribution in [3.8, 4) is 0 Å². The molecular weight excluding hydrogens is 434 g/mol. The number of rotatable bonds is 4. The minimum Gasteiger partial charge on any atom is -0.352 e. The molecule has 1 amide bonds. The first-order chi connectivity index (χ1) is 11.4. The van der Waals surface area contributed by atoms with E-state index in [4.69, 9.17) is 0 Å². The zero-order valence-electron chi connectivity index (χ0n) is 15.3. The van der Waals surface area contributed by atoms with Crippen LogP contribution in [0.1, 0.15) is 31.4 Å². The molecule has 2 rings (SSSR count). The van der Waals surface area contributed by atoms with E-state index < -0.39 is 0 Å². The molecule has 1 saturated heterocycles. The molecule has 1 aliphatic rings. The summed E-state index contributed by atoms with van der Waals surface area (Å²) in [5, 5.41) is 6.53. The lowest BCUT2D eigenvalue weighted by atomic mass is 10.1. The smallest absolute Gasteiger partial charge is 0.225 e. The summed E-state index contributed by atoms with van der Waals surface area (Å²) in [5.41, 5.74) is 1.51. The maximum Gasteiger partial charge on any atom is 0.225 e. The summed E-state index contributed by atoms with van der Waals surface area (Å²) in [5.74, 6) is 0.686. The number of guanidine groups is 1. The SMILES string of the molecule is CN=C(NCc1ccc(C)c(F)c1)NC1CCN(C(=O)C(C)C)C1.I. The van der Waals surface area contributed by atoms with E-state index in [1.807, 2.05) is 24.8 Å². The Morgan fingerprint density at radius 3 is 2.76 bits per heavy atom. The molecular formula is C18H28FIN4O. The van der Waals surface area contributed by atoms with Crippen molar-refractivity contribution in [2.75, 3.05) is 20.1 Å². The minimum atomic E-state index is -0.198. The van der Waals surface area contributed by atoms with Crippen LogP contribution in [0.4, 0.5) is 4.39 Å². The number of carbonyl (C=O) groups is 1.